The minimum Gasteiger partial charge on any atom is -0.296 e. The van der Waals surface area contributed by atoms with Crippen LogP contribution in [0.1, 0.15) is 11.4 Å². The van der Waals surface area contributed by atoms with Crippen LogP contribution in [-0.4, -0.2) is 15.2 Å². The van der Waals surface area contributed by atoms with Crippen LogP contribution in [-0.2, 0) is 0 Å². The number of nitrogens with one attached hydrogen (secondary N) is 2. The van der Waals surface area contributed by atoms with E-state index >= 15 is 0 Å². The lowest BCUT2D eigenvalue weighted by Gasteiger charge is -1.95. The van der Waals surface area contributed by atoms with Crippen molar-refractivity contribution >= 4 is 10.9 Å². The first-order valence-electron chi connectivity index (χ1n) is 3.73. The Morgan fingerprint density at radius 2 is 2.08 bits per heavy atom. The van der Waals surface area contributed by atoms with E-state index in [0.29, 0.717) is 5.39 Å². The summed E-state index contributed by atoms with van der Waals surface area (Å²) in [5.74, 6) is 0. The van der Waals surface area contributed by atoms with Crippen LogP contribution >= 0.6 is 0 Å². The minimum atomic E-state index is -0.0846. The normalized spacial score (nSPS) is 10.8. The van der Waals surface area contributed by atoms with E-state index < -0.39 is 0 Å². The van der Waals surface area contributed by atoms with Crippen molar-refractivity contribution in [2.45, 2.75) is 13.8 Å². The van der Waals surface area contributed by atoms with E-state index in [1.54, 1.807) is 6.07 Å². The summed E-state index contributed by atoms with van der Waals surface area (Å²) in [6, 6.07) is 1.78. The molecule has 2 rings (SSSR count). The maximum Gasteiger partial charge on any atom is 0.271 e. The third-order valence-corrected chi connectivity index (χ3v) is 1.87. The van der Waals surface area contributed by atoms with Gasteiger partial charge in [0.25, 0.3) is 5.56 Å². The Balaban J connectivity index is 3.02. The number of aromatic nitrogens is 3. The van der Waals surface area contributed by atoms with E-state index in [1.165, 1.54) is 0 Å². The summed E-state index contributed by atoms with van der Waals surface area (Å²) < 4.78 is 0. The molecular formula is C8H9N3O. The number of aryl methyl sites for hydroxylation is 2. The molecule has 12 heavy (non-hydrogen) atoms. The maximum absolute atomic E-state index is 11.2. The number of pyridine rings is 1. The van der Waals surface area contributed by atoms with Crippen molar-refractivity contribution in [3.05, 3.63) is 27.8 Å². The van der Waals surface area contributed by atoms with Gasteiger partial charge >= 0.3 is 0 Å². The Labute approximate surface area is 68.6 Å². The first-order chi connectivity index (χ1) is 5.68. The standard InChI is InChI=1S/C8H9N3O/c1-4-3-6-7(5(2)9-4)10-11-8(6)12/h3H,1-2H3,(H2,10,11,12). The number of hydrogen-bond acceptors (Lipinski definition) is 2. The lowest BCUT2D eigenvalue weighted by atomic mass is 10.2. The minimum absolute atomic E-state index is 0.0846. The predicted octanol–water partition coefficient (Wildman–Crippen LogP) is 0.868. The van der Waals surface area contributed by atoms with Gasteiger partial charge in [0.05, 0.1) is 16.6 Å². The zero-order valence-corrected chi connectivity index (χ0v) is 6.93. The molecule has 0 radical (unpaired) electrons. The zero-order chi connectivity index (χ0) is 8.72. The van der Waals surface area contributed by atoms with Crippen LogP contribution in [0.4, 0.5) is 0 Å². The van der Waals surface area contributed by atoms with Crippen LogP contribution < -0.4 is 5.56 Å². The zero-order valence-electron chi connectivity index (χ0n) is 6.93. The van der Waals surface area contributed by atoms with E-state index in [9.17, 15) is 4.79 Å². The molecule has 0 spiro atoms. The van der Waals surface area contributed by atoms with Crippen molar-refractivity contribution < 1.29 is 0 Å². The van der Waals surface area contributed by atoms with Gasteiger partial charge in [0.1, 0.15) is 0 Å². The molecule has 0 aliphatic rings. The number of fused-ring (bicyclic) bond motifs is 1. The molecule has 0 atom stereocenters. The number of rotatable bonds is 0. The molecule has 2 N–H and O–H groups in total. The van der Waals surface area contributed by atoms with E-state index in [-0.39, 0.29) is 5.56 Å². The number of aromatic amines is 2. The summed E-state index contributed by atoms with van der Waals surface area (Å²) in [5, 5.41) is 5.99. The van der Waals surface area contributed by atoms with Crippen molar-refractivity contribution in [1.29, 1.82) is 0 Å². The molecule has 0 aromatic carbocycles. The molecule has 62 valence electrons. The Hall–Kier alpha value is -1.58. The summed E-state index contributed by atoms with van der Waals surface area (Å²) in [4.78, 5) is 15.4. The highest BCUT2D eigenvalue weighted by Gasteiger charge is 2.04. The van der Waals surface area contributed by atoms with Crippen molar-refractivity contribution in [2.24, 2.45) is 0 Å². The monoisotopic (exact) mass is 163 g/mol. The fourth-order valence-corrected chi connectivity index (χ4v) is 1.35. The Morgan fingerprint density at radius 3 is 2.83 bits per heavy atom. The fraction of sp³-hybridized carbons (Fsp3) is 0.250. The third-order valence-electron chi connectivity index (χ3n) is 1.87. The summed E-state index contributed by atoms with van der Waals surface area (Å²) in [5.41, 5.74) is 2.43. The number of H-pyrrole nitrogens is 2. The molecule has 2 aromatic rings. The van der Waals surface area contributed by atoms with E-state index in [4.69, 9.17) is 0 Å². The third kappa shape index (κ3) is 0.845. The molecule has 0 amide bonds. The molecule has 2 aromatic heterocycles. The second-order valence-corrected chi connectivity index (χ2v) is 2.85. The predicted molar refractivity (Wildman–Crippen MR) is 46.2 cm³/mol. The van der Waals surface area contributed by atoms with Gasteiger partial charge < -0.3 is 0 Å². The Kier molecular flexibility index (Phi) is 1.30. The molecule has 4 nitrogen and oxygen atoms in total. The maximum atomic E-state index is 11.2. The highest BCUT2D eigenvalue weighted by molar-refractivity contribution is 5.79. The molecule has 2 heterocycles. The summed E-state index contributed by atoms with van der Waals surface area (Å²) in [7, 11) is 0. The largest absolute Gasteiger partial charge is 0.296 e. The average Bonchev–Trinajstić information content (AvgIpc) is 2.33. The highest BCUT2D eigenvalue weighted by Crippen LogP contribution is 2.10. The lowest BCUT2D eigenvalue weighted by molar-refractivity contribution is 1.06. The lowest BCUT2D eigenvalue weighted by Crippen LogP contribution is -1.98. The van der Waals surface area contributed by atoms with Crippen molar-refractivity contribution in [1.82, 2.24) is 15.2 Å². The van der Waals surface area contributed by atoms with E-state index in [1.807, 2.05) is 13.8 Å². The quantitative estimate of drug-likeness (QED) is 0.605. The van der Waals surface area contributed by atoms with Gasteiger partial charge in [0.15, 0.2) is 0 Å². The molecule has 0 saturated carbocycles. The van der Waals surface area contributed by atoms with Crippen LogP contribution in [0.5, 0.6) is 0 Å². The molecule has 4 heteroatoms. The van der Waals surface area contributed by atoms with Crippen molar-refractivity contribution in [2.75, 3.05) is 0 Å². The first kappa shape index (κ1) is 7.09. The van der Waals surface area contributed by atoms with Gasteiger partial charge in [-0.2, -0.15) is 0 Å². The van der Waals surface area contributed by atoms with Crippen LogP contribution in [0.25, 0.3) is 10.9 Å². The Bertz CT molecular complexity index is 480. The van der Waals surface area contributed by atoms with Crippen LogP contribution in [0.3, 0.4) is 0 Å². The molecular weight excluding hydrogens is 154 g/mol. The second kappa shape index (κ2) is 2.20. The van der Waals surface area contributed by atoms with Crippen molar-refractivity contribution in [3.8, 4) is 0 Å². The first-order valence-corrected chi connectivity index (χ1v) is 3.73. The SMILES string of the molecule is Cc1cc2c(=O)[nH][nH]c2c(C)n1. The molecule has 0 aliphatic heterocycles. The smallest absolute Gasteiger partial charge is 0.271 e. The number of hydrogen-bond donors (Lipinski definition) is 2. The molecule has 0 fully saturated rings. The summed E-state index contributed by atoms with van der Waals surface area (Å²) in [6.45, 7) is 3.75. The Morgan fingerprint density at radius 1 is 1.33 bits per heavy atom. The van der Waals surface area contributed by atoms with Gasteiger partial charge in [-0.1, -0.05) is 0 Å². The highest BCUT2D eigenvalue weighted by atomic mass is 16.1. The molecule has 0 saturated heterocycles. The van der Waals surface area contributed by atoms with E-state index in [0.717, 1.165) is 16.9 Å². The molecule has 0 bridgehead atoms. The van der Waals surface area contributed by atoms with Crippen LogP contribution in [0.2, 0.25) is 0 Å². The average molecular weight is 163 g/mol. The van der Waals surface area contributed by atoms with Gasteiger partial charge in [-0.15, -0.1) is 0 Å². The second-order valence-electron chi connectivity index (χ2n) is 2.85. The topological polar surface area (TPSA) is 61.5 Å². The van der Waals surface area contributed by atoms with Gasteiger partial charge in [-0.05, 0) is 19.9 Å². The molecule has 0 unspecified atom stereocenters. The fourth-order valence-electron chi connectivity index (χ4n) is 1.35. The van der Waals surface area contributed by atoms with Crippen molar-refractivity contribution in [3.63, 3.8) is 0 Å². The van der Waals surface area contributed by atoms with Gasteiger partial charge in [0.2, 0.25) is 0 Å². The number of nitrogens with zero attached hydrogens (tertiary/aromatic N) is 1. The van der Waals surface area contributed by atoms with Gasteiger partial charge in [-0.25, -0.2) is 0 Å². The summed E-state index contributed by atoms with van der Waals surface area (Å²) >= 11 is 0. The van der Waals surface area contributed by atoms with Gasteiger partial charge in [0, 0.05) is 5.69 Å². The van der Waals surface area contributed by atoms with Crippen LogP contribution in [0, 0.1) is 13.8 Å². The molecule has 0 aliphatic carbocycles. The summed E-state index contributed by atoms with van der Waals surface area (Å²) in [6.07, 6.45) is 0. The van der Waals surface area contributed by atoms with E-state index in [2.05, 4.69) is 15.2 Å². The van der Waals surface area contributed by atoms with Gasteiger partial charge in [-0.3, -0.25) is 20.0 Å². The van der Waals surface area contributed by atoms with Crippen LogP contribution in [0.15, 0.2) is 10.9 Å².